The molecule has 2 aliphatic rings. The molecule has 0 spiro atoms. The number of nitrogens with two attached hydrogens (primary N) is 1. The second-order valence-corrected chi connectivity index (χ2v) is 9.08. The lowest BCUT2D eigenvalue weighted by molar-refractivity contribution is 0.150. The number of fused-ring (bicyclic) bond motifs is 1. The molecule has 3 N–H and O–H groups in total. The van der Waals surface area contributed by atoms with Gasteiger partial charge in [-0.25, -0.2) is 13.8 Å². The molecule has 37 heavy (non-hydrogen) atoms. The summed E-state index contributed by atoms with van der Waals surface area (Å²) in [5, 5.41) is 14.9. The number of nitrogens with zero attached hydrogens (tertiary/aromatic N) is 7. The molecular weight excluding hydrogens is 480 g/mol. The van der Waals surface area contributed by atoms with E-state index in [0.717, 1.165) is 11.4 Å². The van der Waals surface area contributed by atoms with E-state index in [1.807, 2.05) is 36.9 Å². The number of H-pyrrole nitrogens is 1. The number of hydrogen-bond donors (Lipinski definition) is 2. The highest BCUT2D eigenvalue weighted by molar-refractivity contribution is 5.69. The molecule has 0 radical (unpaired) electrons. The van der Waals surface area contributed by atoms with Gasteiger partial charge in [-0.15, -0.1) is 10.2 Å². The van der Waals surface area contributed by atoms with E-state index < -0.39 is 12.5 Å². The van der Waals surface area contributed by atoms with Gasteiger partial charge in [0.05, 0.1) is 35.4 Å². The van der Waals surface area contributed by atoms with E-state index in [0.29, 0.717) is 42.6 Å². The van der Waals surface area contributed by atoms with Gasteiger partial charge in [-0.05, 0) is 31.6 Å². The van der Waals surface area contributed by atoms with Crippen molar-refractivity contribution in [3.8, 4) is 0 Å². The third-order valence-corrected chi connectivity index (χ3v) is 6.82. The van der Waals surface area contributed by atoms with Gasteiger partial charge >= 0.3 is 0 Å². The Kier molecular flexibility index (Phi) is 6.72. The van der Waals surface area contributed by atoms with Crippen LogP contribution < -0.4 is 5.73 Å². The molecule has 0 aliphatic carbocycles. The van der Waals surface area contributed by atoms with E-state index in [2.05, 4.69) is 30.3 Å². The highest BCUT2D eigenvalue weighted by Gasteiger charge is 2.36. The van der Waals surface area contributed by atoms with Crippen LogP contribution in [0.5, 0.6) is 0 Å². The zero-order chi connectivity index (χ0) is 26.1. The van der Waals surface area contributed by atoms with E-state index in [9.17, 15) is 8.78 Å². The lowest BCUT2D eigenvalue weighted by Gasteiger charge is -2.37. The Balaban J connectivity index is 1.54. The summed E-state index contributed by atoms with van der Waals surface area (Å²) >= 11 is 0. The van der Waals surface area contributed by atoms with Crippen molar-refractivity contribution >= 4 is 18.0 Å². The third-order valence-electron chi connectivity index (χ3n) is 6.82. The first-order valence-corrected chi connectivity index (χ1v) is 12.2. The van der Waals surface area contributed by atoms with Crippen LogP contribution in [-0.2, 0) is 6.42 Å². The molecule has 2 aliphatic heterocycles. The first kappa shape index (κ1) is 24.6. The standard InChI is InChI=1S/C25H29F2N9O/c1-4-6-20(25-34-33-24(37-25)16-12-32-35(3)14(16)2)36-10-8-18-21(31-13-30-18)22(36)17(28)11-19-15(23(26)27)7-5-9-29-19/h5-7,9,11-14,16,22-23H,4,8,10,28H2,1-3H3,(H,30,31)/b17-11-,20-6+/t14?,16?,22-/m1/s1. The number of nitrogens with one attached hydrogen (secondary N) is 1. The number of pyridine rings is 1. The second kappa shape index (κ2) is 10.1. The molecule has 0 saturated carbocycles. The average molecular weight is 510 g/mol. The largest absolute Gasteiger partial charge is 0.419 e. The fourth-order valence-corrected chi connectivity index (χ4v) is 4.75. The molecule has 2 unspecified atom stereocenters. The summed E-state index contributed by atoms with van der Waals surface area (Å²) in [5.41, 5.74) is 9.26. The Morgan fingerprint density at radius 3 is 2.89 bits per heavy atom. The summed E-state index contributed by atoms with van der Waals surface area (Å²) in [6, 6.07) is 2.37. The first-order chi connectivity index (χ1) is 17.9. The second-order valence-electron chi connectivity index (χ2n) is 9.08. The van der Waals surface area contributed by atoms with E-state index in [1.54, 1.807) is 12.5 Å². The van der Waals surface area contributed by atoms with Gasteiger partial charge in [0.1, 0.15) is 6.04 Å². The molecule has 5 rings (SSSR count). The van der Waals surface area contributed by atoms with E-state index in [4.69, 9.17) is 10.2 Å². The van der Waals surface area contributed by atoms with Crippen molar-refractivity contribution in [1.82, 2.24) is 35.1 Å². The minimum atomic E-state index is -2.68. The summed E-state index contributed by atoms with van der Waals surface area (Å²) in [4.78, 5) is 13.9. The highest BCUT2D eigenvalue weighted by Crippen LogP contribution is 2.39. The van der Waals surface area contributed by atoms with Gasteiger partial charge in [-0.2, -0.15) is 5.10 Å². The quantitative estimate of drug-likeness (QED) is 0.492. The molecule has 0 saturated heterocycles. The Labute approximate surface area is 213 Å². The van der Waals surface area contributed by atoms with Gasteiger partial charge in [0.2, 0.25) is 5.89 Å². The van der Waals surface area contributed by atoms with Gasteiger partial charge in [0.25, 0.3) is 12.3 Å². The summed E-state index contributed by atoms with van der Waals surface area (Å²) in [5.74, 6) is 0.714. The fraction of sp³-hybridized carbons (Fsp3) is 0.400. The van der Waals surface area contributed by atoms with Crippen molar-refractivity contribution in [2.24, 2.45) is 10.8 Å². The molecule has 194 valence electrons. The molecule has 0 aromatic carbocycles. The van der Waals surface area contributed by atoms with Crippen molar-refractivity contribution < 1.29 is 13.2 Å². The van der Waals surface area contributed by atoms with Crippen LogP contribution in [0.4, 0.5) is 8.78 Å². The molecule has 5 heterocycles. The van der Waals surface area contributed by atoms with Crippen molar-refractivity contribution in [3.63, 3.8) is 0 Å². The number of allylic oxidation sites excluding steroid dienone is 1. The summed E-state index contributed by atoms with van der Waals surface area (Å²) in [7, 11) is 1.90. The molecule has 0 amide bonds. The third kappa shape index (κ3) is 4.58. The maximum Gasteiger partial charge on any atom is 0.265 e. The van der Waals surface area contributed by atoms with Crippen LogP contribution in [0.25, 0.3) is 11.8 Å². The Morgan fingerprint density at radius 2 is 2.16 bits per heavy atom. The van der Waals surface area contributed by atoms with Gasteiger partial charge in [0.15, 0.2) is 0 Å². The van der Waals surface area contributed by atoms with Gasteiger partial charge in [0, 0.05) is 49.4 Å². The zero-order valence-electron chi connectivity index (χ0n) is 20.8. The SMILES string of the molecule is CC/C=C(\c1nnc(C2C=NN(C)C2C)o1)N1CCc2[nH]cnc2[C@H]1/C(N)=C/c1ncccc1C(F)F. The van der Waals surface area contributed by atoms with Crippen molar-refractivity contribution in [3.05, 3.63) is 70.9 Å². The Bertz CT molecular complexity index is 1350. The van der Waals surface area contributed by atoms with Crippen molar-refractivity contribution in [1.29, 1.82) is 0 Å². The Morgan fingerprint density at radius 1 is 1.32 bits per heavy atom. The molecule has 3 atom stereocenters. The predicted octanol–water partition coefficient (Wildman–Crippen LogP) is 3.88. The van der Waals surface area contributed by atoms with Crippen LogP contribution in [-0.4, -0.2) is 60.9 Å². The lowest BCUT2D eigenvalue weighted by atomic mass is 9.97. The number of likely N-dealkylation sites (N-methyl/N-ethyl adjacent to an activating group) is 1. The summed E-state index contributed by atoms with van der Waals surface area (Å²) in [6.45, 7) is 4.63. The normalized spacial score (nSPS) is 22.3. The average Bonchev–Trinajstić information content (AvgIpc) is 3.63. The highest BCUT2D eigenvalue weighted by atomic mass is 19.3. The number of imidazole rings is 1. The van der Waals surface area contributed by atoms with E-state index in [-0.39, 0.29) is 23.2 Å². The molecule has 0 fully saturated rings. The molecule has 10 nitrogen and oxygen atoms in total. The maximum atomic E-state index is 13.6. The number of alkyl halides is 2. The number of hydrogen-bond acceptors (Lipinski definition) is 9. The maximum absolute atomic E-state index is 13.6. The molecule has 3 aromatic heterocycles. The van der Waals surface area contributed by atoms with Crippen LogP contribution >= 0.6 is 0 Å². The Hall–Kier alpha value is -4.09. The number of hydrazone groups is 1. The molecule has 3 aromatic rings. The minimum Gasteiger partial charge on any atom is -0.419 e. The van der Waals surface area contributed by atoms with Gasteiger partial charge in [-0.3, -0.25) is 9.99 Å². The van der Waals surface area contributed by atoms with Crippen molar-refractivity contribution in [2.75, 3.05) is 13.6 Å². The minimum absolute atomic E-state index is 0.0854. The zero-order valence-corrected chi connectivity index (χ0v) is 20.8. The van der Waals surface area contributed by atoms with E-state index in [1.165, 1.54) is 24.4 Å². The smallest absolute Gasteiger partial charge is 0.265 e. The number of halogens is 2. The van der Waals surface area contributed by atoms with Crippen LogP contribution in [0, 0.1) is 0 Å². The topological polar surface area (TPSA) is 125 Å². The van der Waals surface area contributed by atoms with Gasteiger partial charge < -0.3 is 20.0 Å². The lowest BCUT2D eigenvalue weighted by Crippen LogP contribution is -2.37. The number of aromatic amines is 1. The predicted molar refractivity (Wildman–Crippen MR) is 134 cm³/mol. The number of aromatic nitrogens is 5. The summed E-state index contributed by atoms with van der Waals surface area (Å²) < 4.78 is 33.4. The van der Waals surface area contributed by atoms with Crippen LogP contribution in [0.2, 0.25) is 0 Å². The molecule has 0 bridgehead atoms. The molecule has 12 heteroatoms. The van der Waals surface area contributed by atoms with Crippen LogP contribution in [0.1, 0.15) is 73.1 Å². The fourth-order valence-electron chi connectivity index (χ4n) is 4.75. The summed E-state index contributed by atoms with van der Waals surface area (Å²) in [6.07, 6.45) is 7.10. The number of rotatable bonds is 7. The molecular formula is C25H29F2N9O. The van der Waals surface area contributed by atoms with E-state index >= 15 is 0 Å². The van der Waals surface area contributed by atoms with Gasteiger partial charge in [-0.1, -0.05) is 13.0 Å². The first-order valence-electron chi connectivity index (χ1n) is 12.2. The monoisotopic (exact) mass is 509 g/mol. The van der Waals surface area contributed by atoms with Crippen LogP contribution in [0.3, 0.4) is 0 Å². The van der Waals surface area contributed by atoms with Crippen LogP contribution in [0.15, 0.2) is 45.9 Å². The van der Waals surface area contributed by atoms with Crippen molar-refractivity contribution in [2.45, 2.75) is 51.1 Å².